The number of likely N-dealkylation sites (tertiary alicyclic amines) is 1. The molecule has 0 aromatic heterocycles. The topological polar surface area (TPSA) is 182 Å². The highest BCUT2D eigenvalue weighted by Gasteiger charge is 2.39. The first-order valence-electron chi connectivity index (χ1n) is 7.84. The van der Waals surface area contributed by atoms with Crippen molar-refractivity contribution in [3.8, 4) is 0 Å². The van der Waals surface area contributed by atoms with E-state index in [0.29, 0.717) is 6.42 Å². The number of carboxylic acids is 1. The molecule has 1 aliphatic heterocycles. The zero-order chi connectivity index (χ0) is 19.1. The molecule has 0 saturated carbocycles. The molecule has 142 valence electrons. The minimum absolute atomic E-state index is 0.197. The number of hydrogen-bond donors (Lipinski definition) is 6. The maximum absolute atomic E-state index is 12.5. The molecule has 4 unspecified atom stereocenters. The SMILES string of the molecule is CC(O)C(NC(=O)C(CO)NC(=O)CN)C(=O)N1CCCC1C(=O)O. The minimum Gasteiger partial charge on any atom is -0.480 e. The van der Waals surface area contributed by atoms with Crippen molar-refractivity contribution in [3.05, 3.63) is 0 Å². The van der Waals surface area contributed by atoms with Crippen LogP contribution in [0.25, 0.3) is 0 Å². The van der Waals surface area contributed by atoms with Gasteiger partial charge in [0.15, 0.2) is 0 Å². The normalized spacial score (nSPS) is 20.5. The monoisotopic (exact) mass is 360 g/mol. The van der Waals surface area contributed by atoms with E-state index in [4.69, 9.17) is 10.8 Å². The lowest BCUT2D eigenvalue weighted by Gasteiger charge is -2.29. The number of carboxylic acid groups (broad SMARTS) is 1. The molecule has 0 radical (unpaired) electrons. The Labute approximate surface area is 144 Å². The number of nitrogens with two attached hydrogens (primary N) is 1. The maximum Gasteiger partial charge on any atom is 0.326 e. The first-order chi connectivity index (χ1) is 11.7. The third kappa shape index (κ3) is 5.37. The number of hydrogen-bond acceptors (Lipinski definition) is 7. The number of carbonyl (C=O) groups is 4. The van der Waals surface area contributed by atoms with Gasteiger partial charge < -0.3 is 36.6 Å². The predicted molar refractivity (Wildman–Crippen MR) is 84.1 cm³/mol. The Morgan fingerprint density at radius 2 is 1.92 bits per heavy atom. The van der Waals surface area contributed by atoms with E-state index in [-0.39, 0.29) is 13.0 Å². The Bertz CT molecular complexity index is 525. The Hall–Kier alpha value is -2.24. The largest absolute Gasteiger partial charge is 0.480 e. The van der Waals surface area contributed by atoms with Gasteiger partial charge in [-0.1, -0.05) is 0 Å². The van der Waals surface area contributed by atoms with Crippen LogP contribution in [0.1, 0.15) is 19.8 Å². The highest BCUT2D eigenvalue weighted by atomic mass is 16.4. The number of nitrogens with zero attached hydrogens (tertiary/aromatic N) is 1. The van der Waals surface area contributed by atoms with Crippen molar-refractivity contribution in [3.63, 3.8) is 0 Å². The van der Waals surface area contributed by atoms with E-state index in [9.17, 15) is 29.4 Å². The van der Waals surface area contributed by atoms with Gasteiger partial charge in [0.1, 0.15) is 18.1 Å². The van der Waals surface area contributed by atoms with Gasteiger partial charge in [-0.2, -0.15) is 0 Å². The van der Waals surface area contributed by atoms with Crippen molar-refractivity contribution in [2.75, 3.05) is 19.7 Å². The number of aliphatic hydroxyl groups is 2. The summed E-state index contributed by atoms with van der Waals surface area (Å²) in [6.45, 7) is 0.333. The van der Waals surface area contributed by atoms with E-state index >= 15 is 0 Å². The molecule has 1 rings (SSSR count). The second kappa shape index (κ2) is 9.30. The van der Waals surface area contributed by atoms with Crippen LogP contribution in [0.15, 0.2) is 0 Å². The van der Waals surface area contributed by atoms with Gasteiger partial charge in [-0.15, -0.1) is 0 Å². The first kappa shape index (κ1) is 20.8. The van der Waals surface area contributed by atoms with Gasteiger partial charge in [-0.05, 0) is 19.8 Å². The molecule has 3 amide bonds. The standard InChI is InChI=1S/C14H24N4O7/c1-7(20)11(13(23)18-4-2-3-9(18)14(24)25)17-12(22)8(6-19)16-10(21)5-15/h7-9,11,19-20H,2-6,15H2,1H3,(H,16,21)(H,17,22)(H,24,25). The smallest absolute Gasteiger partial charge is 0.326 e. The average Bonchev–Trinajstić information content (AvgIpc) is 3.05. The van der Waals surface area contributed by atoms with Crippen LogP contribution < -0.4 is 16.4 Å². The second-order valence-electron chi connectivity index (χ2n) is 5.76. The van der Waals surface area contributed by atoms with Crippen molar-refractivity contribution in [1.82, 2.24) is 15.5 Å². The summed E-state index contributed by atoms with van der Waals surface area (Å²) in [5.74, 6) is -3.48. The zero-order valence-electron chi connectivity index (χ0n) is 13.8. The van der Waals surface area contributed by atoms with Gasteiger partial charge in [0.25, 0.3) is 0 Å². The lowest BCUT2D eigenvalue weighted by molar-refractivity contribution is -0.150. The molecule has 11 nitrogen and oxygen atoms in total. The van der Waals surface area contributed by atoms with Crippen molar-refractivity contribution < 1.29 is 34.5 Å². The van der Waals surface area contributed by atoms with Crippen LogP contribution >= 0.6 is 0 Å². The molecular formula is C14H24N4O7. The maximum atomic E-state index is 12.5. The molecule has 11 heteroatoms. The average molecular weight is 360 g/mol. The van der Waals surface area contributed by atoms with E-state index in [1.54, 1.807) is 0 Å². The Morgan fingerprint density at radius 1 is 1.28 bits per heavy atom. The fourth-order valence-electron chi connectivity index (χ4n) is 2.56. The van der Waals surface area contributed by atoms with E-state index in [1.165, 1.54) is 6.92 Å². The molecule has 0 aromatic rings. The highest BCUT2D eigenvalue weighted by molar-refractivity contribution is 5.94. The van der Waals surface area contributed by atoms with Gasteiger partial charge in [0, 0.05) is 6.54 Å². The number of aliphatic carboxylic acids is 1. The van der Waals surface area contributed by atoms with E-state index in [0.717, 1.165) is 4.90 Å². The summed E-state index contributed by atoms with van der Waals surface area (Å²) < 4.78 is 0. The fraction of sp³-hybridized carbons (Fsp3) is 0.714. The zero-order valence-corrected chi connectivity index (χ0v) is 13.8. The third-order valence-corrected chi connectivity index (χ3v) is 3.89. The Kier molecular flexibility index (Phi) is 7.74. The van der Waals surface area contributed by atoms with Crippen LogP contribution in [0.2, 0.25) is 0 Å². The quantitative estimate of drug-likeness (QED) is 0.256. The molecule has 0 bridgehead atoms. The van der Waals surface area contributed by atoms with Crippen molar-refractivity contribution in [1.29, 1.82) is 0 Å². The minimum atomic E-state index is -1.41. The summed E-state index contributed by atoms with van der Waals surface area (Å²) in [4.78, 5) is 48.2. The molecule has 1 aliphatic rings. The number of nitrogens with one attached hydrogen (secondary N) is 2. The van der Waals surface area contributed by atoms with E-state index < -0.39 is 61.1 Å². The predicted octanol–water partition coefficient (Wildman–Crippen LogP) is -3.64. The van der Waals surface area contributed by atoms with Gasteiger partial charge in [-0.25, -0.2) is 4.79 Å². The number of rotatable bonds is 8. The first-order valence-corrected chi connectivity index (χ1v) is 7.84. The van der Waals surface area contributed by atoms with Gasteiger partial charge in [-0.3, -0.25) is 14.4 Å². The number of carbonyl (C=O) groups excluding carboxylic acids is 3. The summed E-state index contributed by atoms with van der Waals surface area (Å²) >= 11 is 0. The van der Waals surface area contributed by atoms with Crippen molar-refractivity contribution in [2.24, 2.45) is 5.73 Å². The Balaban J connectivity index is 2.85. The summed E-state index contributed by atoms with van der Waals surface area (Å²) in [6, 6.07) is -3.77. The van der Waals surface area contributed by atoms with E-state index in [1.807, 2.05) is 0 Å². The fourth-order valence-corrected chi connectivity index (χ4v) is 2.56. The molecule has 25 heavy (non-hydrogen) atoms. The molecule has 1 heterocycles. The van der Waals surface area contributed by atoms with Crippen LogP contribution in [0.3, 0.4) is 0 Å². The number of aliphatic hydroxyl groups excluding tert-OH is 2. The lowest BCUT2D eigenvalue weighted by Crippen LogP contribution is -2.60. The molecular weight excluding hydrogens is 336 g/mol. The summed E-state index contributed by atoms with van der Waals surface area (Å²) in [5, 5.41) is 32.6. The van der Waals surface area contributed by atoms with Crippen molar-refractivity contribution in [2.45, 2.75) is 44.0 Å². The molecule has 7 N–H and O–H groups in total. The second-order valence-corrected chi connectivity index (χ2v) is 5.76. The van der Waals surface area contributed by atoms with Crippen LogP contribution in [0, 0.1) is 0 Å². The highest BCUT2D eigenvalue weighted by Crippen LogP contribution is 2.19. The van der Waals surface area contributed by atoms with Crippen LogP contribution in [-0.2, 0) is 19.2 Å². The van der Waals surface area contributed by atoms with Crippen LogP contribution in [-0.4, -0.2) is 87.8 Å². The Morgan fingerprint density at radius 3 is 2.40 bits per heavy atom. The van der Waals surface area contributed by atoms with Gasteiger partial charge in [0.2, 0.25) is 17.7 Å². The molecule has 4 atom stereocenters. The number of amides is 3. The molecule has 0 aromatic carbocycles. The summed E-state index contributed by atoms with van der Waals surface area (Å²) in [5.41, 5.74) is 5.12. The molecule has 0 aliphatic carbocycles. The van der Waals surface area contributed by atoms with Gasteiger partial charge >= 0.3 is 5.97 Å². The van der Waals surface area contributed by atoms with Gasteiger partial charge in [0.05, 0.1) is 19.3 Å². The van der Waals surface area contributed by atoms with Crippen LogP contribution in [0.5, 0.6) is 0 Å². The molecule has 1 fully saturated rings. The van der Waals surface area contributed by atoms with Crippen molar-refractivity contribution >= 4 is 23.7 Å². The summed E-state index contributed by atoms with van der Waals surface area (Å²) in [6.07, 6.45) is -0.529. The molecule has 1 saturated heterocycles. The molecule has 0 spiro atoms. The summed E-state index contributed by atoms with van der Waals surface area (Å²) in [7, 11) is 0. The third-order valence-electron chi connectivity index (χ3n) is 3.89. The van der Waals surface area contributed by atoms with Crippen LogP contribution in [0.4, 0.5) is 0 Å². The lowest BCUT2D eigenvalue weighted by atomic mass is 10.1. The van der Waals surface area contributed by atoms with E-state index in [2.05, 4.69) is 10.6 Å².